The Hall–Kier alpha value is -2.49. The van der Waals surface area contributed by atoms with Crippen LogP contribution in [0.5, 0.6) is 11.5 Å². The molecular weight excluding hydrogens is 293 g/mol. The van der Waals surface area contributed by atoms with E-state index >= 15 is 0 Å². The van der Waals surface area contributed by atoms with Gasteiger partial charge in [-0.3, -0.25) is 0 Å². The third kappa shape index (κ3) is 1.87. The Kier molecular flexibility index (Phi) is 2.68. The summed E-state index contributed by atoms with van der Waals surface area (Å²) in [6, 6.07) is 11.4. The molecule has 1 aliphatic carbocycles. The summed E-state index contributed by atoms with van der Waals surface area (Å²) in [7, 11) is 0. The molecule has 0 saturated carbocycles. The molecule has 3 nitrogen and oxygen atoms in total. The first-order chi connectivity index (χ1) is 11.3. The highest BCUT2D eigenvalue weighted by molar-refractivity contribution is 5.61. The lowest BCUT2D eigenvalue weighted by Gasteiger charge is -2.37. The topological polar surface area (TPSA) is 30.5 Å². The fraction of sp³-hybridized carbons (Fsp3) is 0.263. The minimum absolute atomic E-state index is 0.0638. The second-order valence-electron chi connectivity index (χ2n) is 6.29. The van der Waals surface area contributed by atoms with Gasteiger partial charge in [-0.25, -0.2) is 4.39 Å². The molecule has 0 unspecified atom stereocenters. The van der Waals surface area contributed by atoms with Crippen LogP contribution >= 0.6 is 0 Å². The molecule has 2 aromatic rings. The molecule has 5 rings (SSSR count). The lowest BCUT2D eigenvalue weighted by atomic mass is 9.77. The Morgan fingerprint density at radius 3 is 2.96 bits per heavy atom. The van der Waals surface area contributed by atoms with Crippen molar-refractivity contribution in [3.63, 3.8) is 0 Å². The lowest BCUT2D eigenvalue weighted by Crippen LogP contribution is -2.29. The number of ether oxygens (including phenoxy) is 2. The van der Waals surface area contributed by atoms with E-state index in [2.05, 4.69) is 17.5 Å². The minimum atomic E-state index is -0.188. The molecule has 0 bridgehead atoms. The van der Waals surface area contributed by atoms with Crippen molar-refractivity contribution in [3.8, 4) is 11.5 Å². The van der Waals surface area contributed by atoms with Crippen molar-refractivity contribution < 1.29 is 13.9 Å². The van der Waals surface area contributed by atoms with Crippen molar-refractivity contribution in [2.45, 2.75) is 18.4 Å². The van der Waals surface area contributed by atoms with E-state index in [1.165, 1.54) is 6.07 Å². The quantitative estimate of drug-likeness (QED) is 0.793. The van der Waals surface area contributed by atoms with Gasteiger partial charge in [-0.1, -0.05) is 30.4 Å². The Bertz CT molecular complexity index is 817. The van der Waals surface area contributed by atoms with Crippen molar-refractivity contribution in [1.29, 1.82) is 0 Å². The molecule has 23 heavy (non-hydrogen) atoms. The van der Waals surface area contributed by atoms with Crippen LogP contribution in [0.1, 0.15) is 29.5 Å². The summed E-state index contributed by atoms with van der Waals surface area (Å²) in [5.74, 6) is 2.01. The molecule has 2 heterocycles. The van der Waals surface area contributed by atoms with E-state index in [4.69, 9.17) is 9.47 Å². The molecule has 4 heteroatoms. The SMILES string of the molecule is Fc1cccc2c1N[C@H](c1ccc3c(c1)OCO3)[C@@H]1CC=C[C@@H]21. The van der Waals surface area contributed by atoms with Crippen molar-refractivity contribution >= 4 is 5.69 Å². The Morgan fingerprint density at radius 2 is 2.00 bits per heavy atom. The van der Waals surface area contributed by atoms with Crippen LogP contribution in [0.4, 0.5) is 10.1 Å². The van der Waals surface area contributed by atoms with Gasteiger partial charge in [0.1, 0.15) is 5.82 Å². The Balaban J connectivity index is 1.60. The van der Waals surface area contributed by atoms with Gasteiger partial charge in [0.2, 0.25) is 6.79 Å². The predicted molar refractivity (Wildman–Crippen MR) is 85.3 cm³/mol. The van der Waals surface area contributed by atoms with Gasteiger partial charge < -0.3 is 14.8 Å². The molecule has 0 radical (unpaired) electrons. The van der Waals surface area contributed by atoms with Gasteiger partial charge in [-0.05, 0) is 41.7 Å². The number of nitrogens with one attached hydrogen (secondary N) is 1. The van der Waals surface area contributed by atoms with Crippen LogP contribution in [0.15, 0.2) is 48.6 Å². The fourth-order valence-electron chi connectivity index (χ4n) is 4.02. The highest BCUT2D eigenvalue weighted by Crippen LogP contribution is 2.51. The number of benzene rings is 2. The van der Waals surface area contributed by atoms with Crippen molar-refractivity contribution in [2.24, 2.45) is 5.92 Å². The lowest BCUT2D eigenvalue weighted by molar-refractivity contribution is 0.174. The average Bonchev–Trinajstić information content (AvgIpc) is 3.23. The van der Waals surface area contributed by atoms with Crippen LogP contribution in [0.2, 0.25) is 0 Å². The zero-order valence-corrected chi connectivity index (χ0v) is 12.5. The van der Waals surface area contributed by atoms with E-state index in [0.717, 1.165) is 29.0 Å². The summed E-state index contributed by atoms with van der Waals surface area (Å²) in [4.78, 5) is 0. The van der Waals surface area contributed by atoms with Crippen molar-refractivity contribution in [2.75, 3.05) is 12.1 Å². The predicted octanol–water partition coefficient (Wildman–Crippen LogP) is 4.38. The van der Waals surface area contributed by atoms with Crippen LogP contribution in [0.25, 0.3) is 0 Å². The number of hydrogen-bond donors (Lipinski definition) is 1. The molecular formula is C19H16FNO2. The average molecular weight is 309 g/mol. The molecule has 0 aromatic heterocycles. The molecule has 2 aliphatic heterocycles. The fourth-order valence-corrected chi connectivity index (χ4v) is 4.02. The van der Waals surface area contributed by atoms with Gasteiger partial charge in [0.15, 0.2) is 11.5 Å². The highest BCUT2D eigenvalue weighted by Gasteiger charge is 2.39. The van der Waals surface area contributed by atoms with E-state index in [1.54, 1.807) is 6.07 Å². The van der Waals surface area contributed by atoms with Crippen LogP contribution in [0.3, 0.4) is 0 Å². The van der Waals surface area contributed by atoms with Gasteiger partial charge in [0.25, 0.3) is 0 Å². The number of fused-ring (bicyclic) bond motifs is 4. The summed E-state index contributed by atoms with van der Waals surface area (Å²) in [5.41, 5.74) is 2.80. The van der Waals surface area contributed by atoms with Gasteiger partial charge in [-0.15, -0.1) is 0 Å². The van der Waals surface area contributed by atoms with Crippen LogP contribution in [-0.4, -0.2) is 6.79 Å². The summed E-state index contributed by atoms with van der Waals surface area (Å²) < 4.78 is 25.2. The van der Waals surface area contributed by atoms with Crippen LogP contribution in [0, 0.1) is 11.7 Å². The molecule has 116 valence electrons. The Morgan fingerprint density at radius 1 is 1.09 bits per heavy atom. The summed E-state index contributed by atoms with van der Waals surface area (Å²) in [6.07, 6.45) is 5.41. The van der Waals surface area contributed by atoms with Gasteiger partial charge in [-0.2, -0.15) is 0 Å². The third-order valence-corrected chi connectivity index (χ3v) is 5.10. The first kappa shape index (κ1) is 13.0. The number of anilines is 1. The molecule has 2 aromatic carbocycles. The molecule has 0 fully saturated rings. The second-order valence-corrected chi connectivity index (χ2v) is 6.29. The molecule has 0 saturated heterocycles. The van der Waals surface area contributed by atoms with Gasteiger partial charge in [0.05, 0.1) is 11.7 Å². The first-order valence-corrected chi connectivity index (χ1v) is 7.92. The number of halogens is 1. The molecule has 3 aliphatic rings. The summed E-state index contributed by atoms with van der Waals surface area (Å²) in [5, 5.41) is 3.43. The van der Waals surface area contributed by atoms with E-state index in [9.17, 15) is 4.39 Å². The third-order valence-electron chi connectivity index (χ3n) is 5.10. The number of rotatable bonds is 1. The van der Waals surface area contributed by atoms with Crippen LogP contribution < -0.4 is 14.8 Å². The van der Waals surface area contributed by atoms with E-state index in [0.29, 0.717) is 11.6 Å². The van der Waals surface area contributed by atoms with Crippen molar-refractivity contribution in [3.05, 3.63) is 65.5 Å². The molecule has 0 spiro atoms. The maximum absolute atomic E-state index is 14.3. The largest absolute Gasteiger partial charge is 0.454 e. The number of hydrogen-bond acceptors (Lipinski definition) is 3. The zero-order valence-electron chi connectivity index (χ0n) is 12.5. The highest BCUT2D eigenvalue weighted by atomic mass is 19.1. The smallest absolute Gasteiger partial charge is 0.231 e. The van der Waals surface area contributed by atoms with Crippen LogP contribution in [-0.2, 0) is 0 Å². The Labute approximate surface area is 133 Å². The maximum atomic E-state index is 14.3. The van der Waals surface area contributed by atoms with Gasteiger partial charge >= 0.3 is 0 Å². The van der Waals surface area contributed by atoms with E-state index < -0.39 is 0 Å². The number of allylic oxidation sites excluding steroid dienone is 2. The molecule has 3 atom stereocenters. The van der Waals surface area contributed by atoms with E-state index in [1.807, 2.05) is 24.3 Å². The first-order valence-electron chi connectivity index (χ1n) is 7.92. The van der Waals surface area contributed by atoms with E-state index in [-0.39, 0.29) is 24.6 Å². The zero-order chi connectivity index (χ0) is 15.4. The number of para-hydroxylation sites is 1. The monoisotopic (exact) mass is 309 g/mol. The summed E-state index contributed by atoms with van der Waals surface area (Å²) >= 11 is 0. The maximum Gasteiger partial charge on any atom is 0.231 e. The summed E-state index contributed by atoms with van der Waals surface area (Å²) in [6.45, 7) is 0.266. The molecule has 1 N–H and O–H groups in total. The standard InChI is InChI=1S/C19H16FNO2/c20-15-6-2-5-14-12-3-1-4-13(12)18(21-19(14)15)11-7-8-16-17(9-11)23-10-22-16/h1-3,5-9,12-13,18,21H,4,10H2/t12-,13-,18-/m1/s1. The minimum Gasteiger partial charge on any atom is -0.454 e. The molecule has 0 amide bonds. The second kappa shape index (κ2) is 4.75. The van der Waals surface area contributed by atoms with Gasteiger partial charge in [0, 0.05) is 5.92 Å². The van der Waals surface area contributed by atoms with Crippen molar-refractivity contribution in [1.82, 2.24) is 0 Å². The normalized spacial score (nSPS) is 26.6.